The number of fused-ring (bicyclic) bond motifs is 1. The first-order valence-electron chi connectivity index (χ1n) is 9.20. The van der Waals surface area contributed by atoms with Crippen LogP contribution in [0.1, 0.15) is 11.1 Å². The summed E-state index contributed by atoms with van der Waals surface area (Å²) in [6.45, 7) is 0.456. The SMILES string of the molecule is CN=C1S/C(=C\c2cc(Br)c(OCc3ccc4ccccc4c3)c(Br)c2)C(=O)N1C. The third-order valence-electron chi connectivity index (χ3n) is 4.71. The van der Waals surface area contributed by atoms with Crippen LogP contribution in [-0.4, -0.2) is 30.1 Å². The van der Waals surface area contributed by atoms with Crippen molar-refractivity contribution in [2.75, 3.05) is 14.1 Å². The number of amides is 1. The van der Waals surface area contributed by atoms with E-state index in [1.54, 1.807) is 19.0 Å². The predicted molar refractivity (Wildman–Crippen MR) is 132 cm³/mol. The van der Waals surface area contributed by atoms with Crippen LogP contribution in [0.2, 0.25) is 0 Å². The molecule has 1 amide bonds. The second-order valence-corrected chi connectivity index (χ2v) is 9.48. The summed E-state index contributed by atoms with van der Waals surface area (Å²) in [5.74, 6) is 0.674. The van der Waals surface area contributed by atoms with Crippen LogP contribution >= 0.6 is 43.6 Å². The molecule has 1 heterocycles. The average Bonchev–Trinajstić information content (AvgIpc) is 3.01. The largest absolute Gasteiger partial charge is 0.487 e. The lowest BCUT2D eigenvalue weighted by atomic mass is 10.1. The van der Waals surface area contributed by atoms with Gasteiger partial charge in [0.2, 0.25) is 0 Å². The molecule has 1 fully saturated rings. The Morgan fingerprint density at radius 2 is 1.77 bits per heavy atom. The first kappa shape index (κ1) is 21.2. The van der Waals surface area contributed by atoms with Crippen molar-refractivity contribution in [1.82, 2.24) is 4.90 Å². The Morgan fingerprint density at radius 1 is 1.07 bits per heavy atom. The smallest absolute Gasteiger partial charge is 0.266 e. The summed E-state index contributed by atoms with van der Waals surface area (Å²) in [5, 5.41) is 3.10. The van der Waals surface area contributed by atoms with Crippen LogP contribution in [0.15, 0.2) is 73.4 Å². The number of nitrogens with zero attached hydrogens (tertiary/aromatic N) is 2. The lowest BCUT2D eigenvalue weighted by Gasteiger charge is -2.12. The number of halogens is 2. The molecular formula is C23H18Br2N2O2S. The molecule has 0 atom stereocenters. The molecule has 0 aromatic heterocycles. The van der Waals surface area contributed by atoms with Gasteiger partial charge in [0.05, 0.1) is 13.9 Å². The Balaban J connectivity index is 1.54. The molecule has 1 aliphatic rings. The van der Waals surface area contributed by atoms with Gasteiger partial charge in [0, 0.05) is 14.1 Å². The quantitative estimate of drug-likeness (QED) is 0.352. The molecule has 0 saturated carbocycles. The fraction of sp³-hybridized carbons (Fsp3) is 0.130. The summed E-state index contributed by atoms with van der Waals surface area (Å²) < 4.78 is 7.72. The Hall–Kier alpha value is -2.09. The van der Waals surface area contributed by atoms with E-state index in [-0.39, 0.29) is 5.91 Å². The van der Waals surface area contributed by atoms with Crippen LogP contribution < -0.4 is 4.74 Å². The van der Waals surface area contributed by atoms with Crippen LogP contribution in [0, 0.1) is 0 Å². The first-order chi connectivity index (χ1) is 14.5. The monoisotopic (exact) mass is 544 g/mol. The van der Waals surface area contributed by atoms with Crippen LogP contribution in [0.5, 0.6) is 5.75 Å². The van der Waals surface area contributed by atoms with E-state index < -0.39 is 0 Å². The Bertz CT molecular complexity index is 1180. The second-order valence-electron chi connectivity index (χ2n) is 6.76. The molecule has 3 aromatic rings. The minimum absolute atomic E-state index is 0.0514. The number of carbonyl (C=O) groups is 1. The van der Waals surface area contributed by atoms with Gasteiger partial charge in [0.1, 0.15) is 12.4 Å². The third-order valence-corrected chi connectivity index (χ3v) is 7.04. The maximum absolute atomic E-state index is 12.4. The minimum Gasteiger partial charge on any atom is -0.487 e. The molecule has 0 radical (unpaired) electrons. The molecule has 152 valence electrons. The number of amidine groups is 1. The van der Waals surface area contributed by atoms with Crippen molar-refractivity contribution in [3.05, 3.63) is 79.6 Å². The maximum Gasteiger partial charge on any atom is 0.266 e. The summed E-state index contributed by atoms with van der Waals surface area (Å²) in [6, 6.07) is 18.5. The number of ether oxygens (including phenoxy) is 1. The zero-order valence-electron chi connectivity index (χ0n) is 16.4. The number of benzene rings is 3. The van der Waals surface area contributed by atoms with Gasteiger partial charge >= 0.3 is 0 Å². The predicted octanol–water partition coefficient (Wildman–Crippen LogP) is 6.48. The second kappa shape index (κ2) is 8.96. The Labute approximate surface area is 196 Å². The van der Waals surface area contributed by atoms with Crippen LogP contribution in [0.4, 0.5) is 0 Å². The van der Waals surface area contributed by atoms with Gasteiger partial charge in [0.15, 0.2) is 5.17 Å². The van der Waals surface area contributed by atoms with Crippen molar-refractivity contribution < 1.29 is 9.53 Å². The molecule has 0 unspecified atom stereocenters. The molecule has 0 N–H and O–H groups in total. The molecular weight excluding hydrogens is 528 g/mol. The van der Waals surface area contributed by atoms with E-state index in [1.807, 2.05) is 30.3 Å². The number of likely N-dealkylation sites (N-methyl/N-ethyl adjacent to an activating group) is 1. The summed E-state index contributed by atoms with van der Waals surface area (Å²) in [7, 11) is 3.41. The zero-order chi connectivity index (χ0) is 21.3. The summed E-state index contributed by atoms with van der Waals surface area (Å²) in [6.07, 6.45) is 1.87. The molecule has 3 aromatic carbocycles. The van der Waals surface area contributed by atoms with Crippen molar-refractivity contribution >= 4 is 71.5 Å². The zero-order valence-corrected chi connectivity index (χ0v) is 20.3. The highest BCUT2D eigenvalue weighted by Crippen LogP contribution is 2.38. The number of hydrogen-bond acceptors (Lipinski definition) is 4. The van der Waals surface area contributed by atoms with E-state index in [0.717, 1.165) is 25.8 Å². The highest BCUT2D eigenvalue weighted by molar-refractivity contribution is 9.11. The molecule has 1 aliphatic heterocycles. The van der Waals surface area contributed by atoms with E-state index in [0.29, 0.717) is 16.7 Å². The molecule has 4 nitrogen and oxygen atoms in total. The molecule has 1 saturated heterocycles. The summed E-state index contributed by atoms with van der Waals surface area (Å²) >= 11 is 8.58. The number of aliphatic imine (C=N–C) groups is 1. The first-order valence-corrected chi connectivity index (χ1v) is 11.6. The summed E-state index contributed by atoms with van der Waals surface area (Å²) in [4.78, 5) is 18.7. The highest BCUT2D eigenvalue weighted by atomic mass is 79.9. The van der Waals surface area contributed by atoms with E-state index in [2.05, 4.69) is 67.2 Å². The average molecular weight is 546 g/mol. The number of carbonyl (C=O) groups excluding carboxylic acids is 1. The number of rotatable bonds is 4. The molecule has 0 aliphatic carbocycles. The van der Waals surface area contributed by atoms with Crippen LogP contribution in [0.25, 0.3) is 16.8 Å². The van der Waals surface area contributed by atoms with Gasteiger partial charge in [-0.3, -0.25) is 14.7 Å². The Morgan fingerprint density at radius 3 is 2.43 bits per heavy atom. The van der Waals surface area contributed by atoms with E-state index in [4.69, 9.17) is 4.74 Å². The van der Waals surface area contributed by atoms with Gasteiger partial charge < -0.3 is 4.74 Å². The van der Waals surface area contributed by atoms with Crippen molar-refractivity contribution in [3.8, 4) is 5.75 Å². The van der Waals surface area contributed by atoms with Gasteiger partial charge in [-0.15, -0.1) is 0 Å². The van der Waals surface area contributed by atoms with Crippen LogP contribution in [0.3, 0.4) is 0 Å². The van der Waals surface area contributed by atoms with E-state index in [9.17, 15) is 4.79 Å². The van der Waals surface area contributed by atoms with E-state index >= 15 is 0 Å². The van der Waals surface area contributed by atoms with Gasteiger partial charge in [-0.2, -0.15) is 0 Å². The Kier molecular flexibility index (Phi) is 6.32. The van der Waals surface area contributed by atoms with Gasteiger partial charge in [-0.05, 0) is 89.8 Å². The highest BCUT2D eigenvalue weighted by Gasteiger charge is 2.29. The molecule has 0 spiro atoms. The third kappa shape index (κ3) is 4.33. The minimum atomic E-state index is -0.0514. The van der Waals surface area contributed by atoms with Gasteiger partial charge in [-0.1, -0.05) is 36.4 Å². The summed E-state index contributed by atoms with van der Waals surface area (Å²) in [5.41, 5.74) is 1.99. The van der Waals surface area contributed by atoms with E-state index in [1.165, 1.54) is 22.5 Å². The van der Waals surface area contributed by atoms with Crippen molar-refractivity contribution in [1.29, 1.82) is 0 Å². The fourth-order valence-electron chi connectivity index (χ4n) is 3.19. The topological polar surface area (TPSA) is 41.9 Å². The van der Waals surface area contributed by atoms with Crippen molar-refractivity contribution in [3.63, 3.8) is 0 Å². The van der Waals surface area contributed by atoms with Gasteiger partial charge in [0.25, 0.3) is 5.91 Å². The molecule has 7 heteroatoms. The standard InChI is InChI=1S/C23H18Br2N2O2S/c1-26-23-27(2)22(28)20(30-23)12-15-10-18(24)21(19(25)11-15)29-13-14-7-8-16-5-3-4-6-17(16)9-14/h3-12H,13H2,1-2H3/b20-12-,26-23?. The number of thioether (sulfide) groups is 1. The van der Waals surface area contributed by atoms with Crippen LogP contribution in [-0.2, 0) is 11.4 Å². The number of hydrogen-bond donors (Lipinski definition) is 0. The molecule has 0 bridgehead atoms. The van der Waals surface area contributed by atoms with Crippen molar-refractivity contribution in [2.24, 2.45) is 4.99 Å². The lowest BCUT2D eigenvalue weighted by Crippen LogP contribution is -2.23. The lowest BCUT2D eigenvalue weighted by molar-refractivity contribution is -0.121. The maximum atomic E-state index is 12.4. The molecule has 30 heavy (non-hydrogen) atoms. The molecule has 4 rings (SSSR count). The van der Waals surface area contributed by atoms with Crippen molar-refractivity contribution in [2.45, 2.75) is 6.61 Å². The fourth-order valence-corrected chi connectivity index (χ4v) is 5.56. The normalized spacial score (nSPS) is 16.8. The van der Waals surface area contributed by atoms with Gasteiger partial charge in [-0.25, -0.2) is 0 Å².